The number of sulfonamides is 1. The third-order valence-electron chi connectivity index (χ3n) is 4.95. The molecule has 0 saturated carbocycles. The molecule has 0 spiro atoms. The second kappa shape index (κ2) is 8.89. The predicted molar refractivity (Wildman–Crippen MR) is 118 cm³/mol. The average Bonchev–Trinajstić information content (AvgIpc) is 3.22. The fraction of sp³-hybridized carbons (Fsp3) is 0.130. The quantitative estimate of drug-likeness (QED) is 0.450. The minimum Gasteiger partial charge on any atom is -0.347 e. The van der Waals surface area contributed by atoms with Crippen molar-refractivity contribution >= 4 is 21.6 Å². The monoisotopic (exact) mass is 452 g/mol. The first-order chi connectivity index (χ1) is 15.3. The smallest absolute Gasteiger partial charge is 0.271 e. The maximum Gasteiger partial charge on any atom is 0.271 e. The number of halogens is 1. The number of nitrogens with one attached hydrogen (secondary N) is 2. The lowest BCUT2D eigenvalue weighted by Crippen LogP contribution is -2.25. The van der Waals surface area contributed by atoms with Gasteiger partial charge in [0, 0.05) is 25.0 Å². The molecule has 1 amide bonds. The molecule has 0 radical (unpaired) electrons. The summed E-state index contributed by atoms with van der Waals surface area (Å²) in [5.41, 5.74) is 3.04. The molecule has 0 bridgehead atoms. The number of benzene rings is 2. The van der Waals surface area contributed by atoms with E-state index in [0.717, 1.165) is 5.69 Å². The summed E-state index contributed by atoms with van der Waals surface area (Å²) >= 11 is 0. The molecule has 164 valence electrons. The molecule has 0 saturated heterocycles. The number of amides is 1. The molecule has 0 unspecified atom stereocenters. The van der Waals surface area contributed by atoms with Crippen LogP contribution in [0.3, 0.4) is 0 Å². The number of aryl methyl sites for hydroxylation is 1. The van der Waals surface area contributed by atoms with Gasteiger partial charge in [-0.3, -0.25) is 4.79 Å². The van der Waals surface area contributed by atoms with Crippen LogP contribution in [0.4, 0.5) is 4.39 Å². The topological polar surface area (TPSA) is 92.6 Å². The minimum atomic E-state index is -3.81. The molecule has 2 N–H and O–H groups in total. The van der Waals surface area contributed by atoms with Crippen molar-refractivity contribution in [3.63, 3.8) is 0 Å². The molecule has 2 aromatic heterocycles. The molecule has 0 fully saturated rings. The van der Waals surface area contributed by atoms with Crippen LogP contribution in [0.25, 0.3) is 5.65 Å². The van der Waals surface area contributed by atoms with Gasteiger partial charge >= 0.3 is 0 Å². The Hall–Kier alpha value is -3.56. The molecule has 0 atom stereocenters. The van der Waals surface area contributed by atoms with Gasteiger partial charge in [0.25, 0.3) is 5.91 Å². The van der Waals surface area contributed by atoms with E-state index in [0.29, 0.717) is 16.8 Å². The number of imidazole rings is 1. The number of carbonyl (C=O) groups is 1. The number of rotatable bonds is 7. The average molecular weight is 453 g/mol. The van der Waals surface area contributed by atoms with Gasteiger partial charge in [0.1, 0.15) is 17.2 Å². The highest BCUT2D eigenvalue weighted by Crippen LogP contribution is 2.14. The standard InChI is InChI=1S/C23H21FN4O3S/c1-16-5-2-10-22-27-21(15-28(16)22)23(29)25-13-18-7-4-9-20(12-18)32(30,31)26-14-17-6-3-8-19(24)11-17/h2-12,15,26H,13-14H2,1H3,(H,25,29). The fourth-order valence-electron chi connectivity index (χ4n) is 3.26. The van der Waals surface area contributed by atoms with Gasteiger partial charge in [0.15, 0.2) is 0 Å². The molecular formula is C23H21FN4O3S. The number of pyridine rings is 1. The molecule has 0 aliphatic rings. The lowest BCUT2D eigenvalue weighted by Gasteiger charge is -2.09. The summed E-state index contributed by atoms with van der Waals surface area (Å²) < 4.78 is 42.8. The van der Waals surface area contributed by atoms with E-state index in [1.165, 1.54) is 30.3 Å². The van der Waals surface area contributed by atoms with Gasteiger partial charge in [-0.1, -0.05) is 30.3 Å². The second-order valence-electron chi connectivity index (χ2n) is 7.31. The Morgan fingerprint density at radius 3 is 2.47 bits per heavy atom. The molecular weight excluding hydrogens is 431 g/mol. The maximum atomic E-state index is 13.3. The van der Waals surface area contributed by atoms with E-state index in [1.54, 1.807) is 24.4 Å². The first-order valence-corrected chi connectivity index (χ1v) is 11.4. The third kappa shape index (κ3) is 4.84. The second-order valence-corrected chi connectivity index (χ2v) is 9.07. The Labute approximate surface area is 185 Å². The van der Waals surface area contributed by atoms with Crippen LogP contribution in [0.2, 0.25) is 0 Å². The Bertz CT molecular complexity index is 1400. The fourth-order valence-corrected chi connectivity index (χ4v) is 4.35. The largest absolute Gasteiger partial charge is 0.347 e. The van der Waals surface area contributed by atoms with Crippen molar-refractivity contribution in [3.8, 4) is 0 Å². The molecule has 0 aliphatic carbocycles. The van der Waals surface area contributed by atoms with E-state index in [2.05, 4.69) is 15.0 Å². The van der Waals surface area contributed by atoms with E-state index in [1.807, 2.05) is 29.5 Å². The highest BCUT2D eigenvalue weighted by molar-refractivity contribution is 7.89. The number of nitrogens with zero attached hydrogens (tertiary/aromatic N) is 2. The summed E-state index contributed by atoms with van der Waals surface area (Å²) in [5.74, 6) is -0.786. The Morgan fingerprint density at radius 2 is 1.72 bits per heavy atom. The summed E-state index contributed by atoms with van der Waals surface area (Å²) in [6.07, 6.45) is 1.66. The van der Waals surface area contributed by atoms with Crippen molar-refractivity contribution in [2.24, 2.45) is 0 Å². The van der Waals surface area contributed by atoms with Crippen molar-refractivity contribution < 1.29 is 17.6 Å². The molecule has 9 heteroatoms. The zero-order valence-corrected chi connectivity index (χ0v) is 18.1. The summed E-state index contributed by atoms with van der Waals surface area (Å²) in [5, 5.41) is 2.77. The normalized spacial score (nSPS) is 11.6. The van der Waals surface area contributed by atoms with Gasteiger partial charge in [-0.25, -0.2) is 22.5 Å². The van der Waals surface area contributed by atoms with Crippen molar-refractivity contribution in [3.05, 3.63) is 101 Å². The number of fused-ring (bicyclic) bond motifs is 1. The van der Waals surface area contributed by atoms with Crippen LogP contribution in [0.5, 0.6) is 0 Å². The Balaban J connectivity index is 1.42. The van der Waals surface area contributed by atoms with Crippen LogP contribution < -0.4 is 10.0 Å². The van der Waals surface area contributed by atoms with E-state index in [4.69, 9.17) is 0 Å². The van der Waals surface area contributed by atoms with E-state index in [-0.39, 0.29) is 29.6 Å². The lowest BCUT2D eigenvalue weighted by atomic mass is 10.2. The molecule has 7 nitrogen and oxygen atoms in total. The van der Waals surface area contributed by atoms with Crippen molar-refractivity contribution in [2.45, 2.75) is 24.9 Å². The molecule has 32 heavy (non-hydrogen) atoms. The van der Waals surface area contributed by atoms with Crippen LogP contribution >= 0.6 is 0 Å². The van der Waals surface area contributed by atoms with Crippen LogP contribution in [0, 0.1) is 12.7 Å². The zero-order valence-electron chi connectivity index (χ0n) is 17.2. The van der Waals surface area contributed by atoms with Gasteiger partial charge in [-0.05, 0) is 54.4 Å². The van der Waals surface area contributed by atoms with Crippen LogP contribution in [-0.4, -0.2) is 23.7 Å². The van der Waals surface area contributed by atoms with Crippen LogP contribution in [0.15, 0.2) is 77.8 Å². The van der Waals surface area contributed by atoms with E-state index < -0.39 is 15.8 Å². The first kappa shape index (κ1) is 21.7. The number of carbonyl (C=O) groups excluding carboxylic acids is 1. The van der Waals surface area contributed by atoms with Gasteiger partial charge in [-0.2, -0.15) is 0 Å². The SMILES string of the molecule is Cc1cccc2nc(C(=O)NCc3cccc(S(=O)(=O)NCc4cccc(F)c4)c3)cn12. The molecule has 2 heterocycles. The minimum absolute atomic E-state index is 0.0334. The van der Waals surface area contributed by atoms with Crippen LogP contribution in [0.1, 0.15) is 27.3 Å². The molecule has 2 aromatic carbocycles. The van der Waals surface area contributed by atoms with E-state index in [9.17, 15) is 17.6 Å². The molecule has 4 aromatic rings. The molecule has 4 rings (SSSR count). The van der Waals surface area contributed by atoms with Crippen molar-refractivity contribution in [1.82, 2.24) is 19.4 Å². The number of aromatic nitrogens is 2. The highest BCUT2D eigenvalue weighted by atomic mass is 32.2. The number of hydrogen-bond acceptors (Lipinski definition) is 4. The predicted octanol–water partition coefficient (Wildman–Crippen LogP) is 3.19. The van der Waals surface area contributed by atoms with Gasteiger partial charge in [0.2, 0.25) is 10.0 Å². The summed E-state index contributed by atoms with van der Waals surface area (Å²) in [4.78, 5) is 16.9. The maximum absolute atomic E-state index is 13.3. The Morgan fingerprint density at radius 1 is 1.00 bits per heavy atom. The van der Waals surface area contributed by atoms with Crippen molar-refractivity contribution in [2.75, 3.05) is 0 Å². The summed E-state index contributed by atoms with van der Waals surface area (Å²) in [7, 11) is -3.81. The van der Waals surface area contributed by atoms with Gasteiger partial charge < -0.3 is 9.72 Å². The first-order valence-electron chi connectivity index (χ1n) is 9.88. The zero-order chi connectivity index (χ0) is 22.7. The van der Waals surface area contributed by atoms with E-state index >= 15 is 0 Å². The highest BCUT2D eigenvalue weighted by Gasteiger charge is 2.15. The summed E-state index contributed by atoms with van der Waals surface area (Å²) in [6, 6.07) is 17.6. The summed E-state index contributed by atoms with van der Waals surface area (Å²) in [6.45, 7) is 2.03. The van der Waals surface area contributed by atoms with Gasteiger partial charge in [0.05, 0.1) is 4.90 Å². The molecule has 0 aliphatic heterocycles. The van der Waals surface area contributed by atoms with Crippen molar-refractivity contribution in [1.29, 1.82) is 0 Å². The number of hydrogen-bond donors (Lipinski definition) is 2. The lowest BCUT2D eigenvalue weighted by molar-refractivity contribution is 0.0946. The Kier molecular flexibility index (Phi) is 6.02. The van der Waals surface area contributed by atoms with Gasteiger partial charge in [-0.15, -0.1) is 0 Å². The third-order valence-corrected chi connectivity index (χ3v) is 6.34. The van der Waals surface area contributed by atoms with Crippen LogP contribution in [-0.2, 0) is 23.1 Å².